The maximum absolute atomic E-state index is 5.40. The summed E-state index contributed by atoms with van der Waals surface area (Å²) in [6, 6.07) is 5.94. The molecular formula is C19H23N3O2S. The Morgan fingerprint density at radius 2 is 2.08 bits per heavy atom. The van der Waals surface area contributed by atoms with Gasteiger partial charge in [-0.25, -0.2) is 0 Å². The van der Waals surface area contributed by atoms with Gasteiger partial charge in [-0.1, -0.05) is 12.5 Å². The van der Waals surface area contributed by atoms with E-state index < -0.39 is 0 Å². The average molecular weight is 357 g/mol. The third-order valence-electron chi connectivity index (χ3n) is 6.39. The van der Waals surface area contributed by atoms with Gasteiger partial charge in [0.05, 0.1) is 0 Å². The van der Waals surface area contributed by atoms with E-state index in [0.29, 0.717) is 24.4 Å². The van der Waals surface area contributed by atoms with Gasteiger partial charge in [0, 0.05) is 18.2 Å². The van der Waals surface area contributed by atoms with Crippen LogP contribution in [0.4, 0.5) is 0 Å². The van der Waals surface area contributed by atoms with Crippen LogP contribution in [-0.2, 0) is 6.54 Å². The quantitative estimate of drug-likeness (QED) is 0.643. The summed E-state index contributed by atoms with van der Waals surface area (Å²) in [5.41, 5.74) is 5.52. The molecule has 0 unspecified atom stereocenters. The smallest absolute Gasteiger partial charge is 0.231 e. The minimum absolute atomic E-state index is 0.299. The fraction of sp³-hybridized carbons (Fsp3) is 0.579. The molecule has 0 spiro atoms. The number of nitrogens with zero attached hydrogens (tertiary/aromatic N) is 1. The maximum atomic E-state index is 5.40. The minimum Gasteiger partial charge on any atom is -0.454 e. The lowest BCUT2D eigenvalue weighted by Crippen LogP contribution is -2.34. The first kappa shape index (κ1) is 15.4. The number of benzene rings is 1. The first-order valence-corrected chi connectivity index (χ1v) is 9.67. The lowest BCUT2D eigenvalue weighted by molar-refractivity contribution is 0.174. The average Bonchev–Trinajstić information content (AvgIpc) is 3.39. The van der Waals surface area contributed by atoms with E-state index in [1.54, 1.807) is 0 Å². The molecule has 3 saturated carbocycles. The van der Waals surface area contributed by atoms with E-state index in [-0.39, 0.29) is 0 Å². The summed E-state index contributed by atoms with van der Waals surface area (Å²) in [4.78, 5) is 0. The van der Waals surface area contributed by atoms with Crippen LogP contribution in [0.25, 0.3) is 0 Å². The van der Waals surface area contributed by atoms with Crippen molar-refractivity contribution in [3.05, 3.63) is 23.8 Å². The third kappa shape index (κ3) is 2.76. The molecule has 5 rings (SSSR count). The molecule has 2 N–H and O–H groups in total. The van der Waals surface area contributed by atoms with Crippen LogP contribution in [0.1, 0.15) is 37.7 Å². The van der Waals surface area contributed by atoms with Gasteiger partial charge >= 0.3 is 0 Å². The third-order valence-corrected chi connectivity index (χ3v) is 6.63. The Kier molecular flexibility index (Phi) is 3.81. The fourth-order valence-corrected chi connectivity index (χ4v) is 5.46. The second-order valence-corrected chi connectivity index (χ2v) is 8.06. The van der Waals surface area contributed by atoms with Crippen LogP contribution in [-0.4, -0.2) is 17.6 Å². The number of hydrogen-bond acceptors (Lipinski definition) is 4. The molecule has 1 heterocycles. The van der Waals surface area contributed by atoms with Gasteiger partial charge in [-0.3, -0.25) is 5.43 Å². The van der Waals surface area contributed by atoms with Crippen LogP contribution >= 0.6 is 12.2 Å². The van der Waals surface area contributed by atoms with Crippen molar-refractivity contribution in [3.63, 3.8) is 0 Å². The zero-order chi connectivity index (χ0) is 16.8. The number of ether oxygens (including phenoxy) is 2. The molecular weight excluding hydrogens is 334 g/mol. The molecule has 0 radical (unpaired) electrons. The van der Waals surface area contributed by atoms with Crippen LogP contribution in [0, 0.1) is 23.7 Å². The summed E-state index contributed by atoms with van der Waals surface area (Å²) in [6.45, 7) is 0.942. The molecule has 1 aromatic carbocycles. The number of rotatable bonds is 3. The predicted octanol–water partition coefficient (Wildman–Crippen LogP) is 3.19. The predicted molar refractivity (Wildman–Crippen MR) is 99.6 cm³/mol. The summed E-state index contributed by atoms with van der Waals surface area (Å²) < 4.78 is 10.7. The monoisotopic (exact) mass is 357 g/mol. The topological polar surface area (TPSA) is 54.9 Å². The van der Waals surface area contributed by atoms with Crippen LogP contribution < -0.4 is 20.2 Å². The molecule has 4 aliphatic rings. The highest BCUT2D eigenvalue weighted by atomic mass is 32.1. The molecule has 25 heavy (non-hydrogen) atoms. The highest BCUT2D eigenvalue weighted by Crippen LogP contribution is 2.57. The van der Waals surface area contributed by atoms with Gasteiger partial charge in [-0.05, 0) is 73.4 Å². The van der Waals surface area contributed by atoms with Crippen molar-refractivity contribution in [2.75, 3.05) is 6.79 Å². The van der Waals surface area contributed by atoms with Crippen molar-refractivity contribution in [3.8, 4) is 11.5 Å². The van der Waals surface area contributed by atoms with Crippen molar-refractivity contribution in [2.24, 2.45) is 28.8 Å². The lowest BCUT2D eigenvalue weighted by Gasteiger charge is -2.25. The van der Waals surface area contributed by atoms with E-state index in [1.807, 2.05) is 18.2 Å². The van der Waals surface area contributed by atoms with E-state index in [1.165, 1.54) is 37.8 Å². The van der Waals surface area contributed by atoms with E-state index in [9.17, 15) is 0 Å². The zero-order valence-electron chi connectivity index (χ0n) is 14.2. The molecule has 4 atom stereocenters. The van der Waals surface area contributed by atoms with Gasteiger partial charge in [0.1, 0.15) is 0 Å². The van der Waals surface area contributed by atoms with Gasteiger partial charge < -0.3 is 14.8 Å². The number of hydrazone groups is 1. The number of thiocarbonyl (C=S) groups is 1. The zero-order valence-corrected chi connectivity index (χ0v) is 15.0. The molecule has 1 aliphatic heterocycles. The SMILES string of the molecule is S=C(NCc1ccc2c(c1)OCO2)N/N=C1\C[C@H]2C[C@H]1[C@@H]1CCC[C@H]21. The molecule has 6 heteroatoms. The standard InChI is InChI=1S/C19H23N3O2S/c25-19(20-9-11-4-5-17-18(6-11)24-10-23-17)22-21-16-8-12-7-15(16)14-3-1-2-13(12)14/h4-6,12-15H,1-3,7-10H2,(H2,20,22,25)/b21-16+/t12-,13-,14-,15+/m1/s1. The summed E-state index contributed by atoms with van der Waals surface area (Å²) in [6.07, 6.45) is 6.79. The van der Waals surface area contributed by atoms with Gasteiger partial charge in [-0.15, -0.1) is 0 Å². The Morgan fingerprint density at radius 1 is 1.20 bits per heavy atom. The van der Waals surface area contributed by atoms with Crippen molar-refractivity contribution in [1.82, 2.24) is 10.7 Å². The van der Waals surface area contributed by atoms with Gasteiger partial charge in [0.15, 0.2) is 16.6 Å². The number of nitrogens with one attached hydrogen (secondary N) is 2. The van der Waals surface area contributed by atoms with Crippen molar-refractivity contribution in [2.45, 2.75) is 38.6 Å². The van der Waals surface area contributed by atoms with Crippen molar-refractivity contribution in [1.29, 1.82) is 0 Å². The fourth-order valence-electron chi connectivity index (χ4n) is 5.34. The highest BCUT2D eigenvalue weighted by Gasteiger charge is 2.52. The Bertz CT molecular complexity index is 735. The molecule has 132 valence electrons. The molecule has 5 nitrogen and oxygen atoms in total. The molecule has 0 amide bonds. The minimum atomic E-state index is 0.299. The van der Waals surface area contributed by atoms with Gasteiger partial charge in [-0.2, -0.15) is 5.10 Å². The molecule has 1 aromatic rings. The Morgan fingerprint density at radius 3 is 3.04 bits per heavy atom. The van der Waals surface area contributed by atoms with Crippen LogP contribution in [0.15, 0.2) is 23.3 Å². The largest absolute Gasteiger partial charge is 0.454 e. The van der Waals surface area contributed by atoms with Gasteiger partial charge in [0.25, 0.3) is 0 Å². The van der Waals surface area contributed by atoms with E-state index >= 15 is 0 Å². The van der Waals surface area contributed by atoms with E-state index in [4.69, 9.17) is 21.7 Å². The first-order valence-electron chi connectivity index (χ1n) is 9.27. The van der Waals surface area contributed by atoms with Crippen molar-refractivity contribution >= 4 is 23.0 Å². The second-order valence-electron chi connectivity index (χ2n) is 7.65. The molecule has 0 saturated heterocycles. The van der Waals surface area contributed by atoms with Crippen LogP contribution in [0.3, 0.4) is 0 Å². The second kappa shape index (κ2) is 6.16. The molecule has 0 aromatic heterocycles. The Hall–Kier alpha value is -1.82. The molecule has 3 fully saturated rings. The molecule has 3 aliphatic carbocycles. The van der Waals surface area contributed by atoms with E-state index in [0.717, 1.165) is 34.8 Å². The summed E-state index contributed by atoms with van der Waals surface area (Å²) in [5, 5.41) is 8.46. The Balaban J connectivity index is 1.15. The Labute approximate surface area is 153 Å². The van der Waals surface area contributed by atoms with E-state index in [2.05, 4.69) is 15.8 Å². The number of hydrogen-bond donors (Lipinski definition) is 2. The normalized spacial score (nSPS) is 32.9. The summed E-state index contributed by atoms with van der Waals surface area (Å²) in [5.74, 6) is 5.08. The van der Waals surface area contributed by atoms with Crippen molar-refractivity contribution < 1.29 is 9.47 Å². The lowest BCUT2D eigenvalue weighted by atomic mass is 9.81. The molecule has 2 bridgehead atoms. The maximum Gasteiger partial charge on any atom is 0.231 e. The van der Waals surface area contributed by atoms with Crippen LogP contribution in [0.2, 0.25) is 0 Å². The van der Waals surface area contributed by atoms with Crippen LogP contribution in [0.5, 0.6) is 11.5 Å². The highest BCUT2D eigenvalue weighted by molar-refractivity contribution is 7.80. The summed E-state index contributed by atoms with van der Waals surface area (Å²) in [7, 11) is 0. The summed E-state index contributed by atoms with van der Waals surface area (Å²) >= 11 is 5.38. The van der Waals surface area contributed by atoms with Gasteiger partial charge in [0.2, 0.25) is 6.79 Å². The first-order chi connectivity index (χ1) is 12.3. The number of fused-ring (bicyclic) bond motifs is 6.